The second-order valence-electron chi connectivity index (χ2n) is 2.78. The number of halogens is 1. The van der Waals surface area contributed by atoms with Crippen molar-refractivity contribution in [3.05, 3.63) is 20.3 Å². The lowest BCUT2D eigenvalue weighted by molar-refractivity contribution is 0.0958. The van der Waals surface area contributed by atoms with Gasteiger partial charge in [-0.15, -0.1) is 23.7 Å². The number of carbonyl (C=O) groups is 1. The Morgan fingerprint density at radius 2 is 2.50 bits per heavy atom. The number of hydrogen-bond acceptors (Lipinski definition) is 2. The first kappa shape index (κ1) is 11.3. The first-order valence-electron chi connectivity index (χ1n) is 4.12. The summed E-state index contributed by atoms with van der Waals surface area (Å²) in [6, 6.07) is 1.86. The summed E-state index contributed by atoms with van der Waals surface area (Å²) in [5, 5.41) is 2.75. The van der Waals surface area contributed by atoms with Crippen molar-refractivity contribution in [2.45, 2.75) is 13.3 Å². The predicted octanol–water partition coefficient (Wildman–Crippen LogP) is 2.57. The molecule has 0 aliphatic carbocycles. The van der Waals surface area contributed by atoms with E-state index in [4.69, 9.17) is 6.42 Å². The van der Waals surface area contributed by atoms with Gasteiger partial charge in [-0.1, -0.05) is 0 Å². The molecule has 2 nitrogen and oxygen atoms in total. The molecule has 0 fully saturated rings. The number of amides is 1. The van der Waals surface area contributed by atoms with E-state index < -0.39 is 0 Å². The highest BCUT2D eigenvalue weighted by Crippen LogP contribution is 2.27. The zero-order chi connectivity index (χ0) is 10.6. The zero-order valence-electron chi connectivity index (χ0n) is 7.76. The molecule has 0 aliphatic heterocycles. The van der Waals surface area contributed by atoms with Crippen LogP contribution in [0.25, 0.3) is 0 Å². The van der Waals surface area contributed by atoms with Crippen LogP contribution in [0.3, 0.4) is 0 Å². The molecule has 1 N–H and O–H groups in total. The van der Waals surface area contributed by atoms with Gasteiger partial charge in [-0.25, -0.2) is 0 Å². The standard InChI is InChI=1S/C10H10BrNOS/c1-3-4-5-12-10(13)8-6-7(2)9(11)14-8/h1,6H,4-5H2,2H3,(H,12,13). The smallest absolute Gasteiger partial charge is 0.261 e. The van der Waals surface area contributed by atoms with Gasteiger partial charge in [0, 0.05) is 13.0 Å². The molecule has 14 heavy (non-hydrogen) atoms. The molecule has 0 aliphatic rings. The molecular weight excluding hydrogens is 262 g/mol. The van der Waals surface area contributed by atoms with E-state index in [0.29, 0.717) is 17.8 Å². The minimum atomic E-state index is -0.0564. The Hall–Kier alpha value is -0.790. The quantitative estimate of drug-likeness (QED) is 0.665. The molecule has 74 valence electrons. The van der Waals surface area contributed by atoms with Crippen LogP contribution in [0.2, 0.25) is 0 Å². The maximum Gasteiger partial charge on any atom is 0.261 e. The molecular formula is C10H10BrNOS. The van der Waals surface area contributed by atoms with E-state index in [1.54, 1.807) is 0 Å². The Morgan fingerprint density at radius 1 is 1.79 bits per heavy atom. The number of thiophene rings is 1. The largest absolute Gasteiger partial charge is 0.350 e. The summed E-state index contributed by atoms with van der Waals surface area (Å²) in [7, 11) is 0. The third-order valence-corrected chi connectivity index (χ3v) is 3.77. The van der Waals surface area contributed by atoms with Crippen LogP contribution in [-0.2, 0) is 0 Å². The van der Waals surface area contributed by atoms with Gasteiger partial charge in [-0.3, -0.25) is 4.79 Å². The lowest BCUT2D eigenvalue weighted by Gasteiger charge is -1.98. The molecule has 1 heterocycles. The number of aryl methyl sites for hydroxylation is 1. The van der Waals surface area contributed by atoms with Crippen molar-refractivity contribution in [1.29, 1.82) is 0 Å². The number of terminal acetylenes is 1. The van der Waals surface area contributed by atoms with E-state index >= 15 is 0 Å². The molecule has 0 saturated carbocycles. The second-order valence-corrected chi connectivity index (χ2v) is 5.15. The van der Waals surface area contributed by atoms with Gasteiger partial charge >= 0.3 is 0 Å². The van der Waals surface area contributed by atoms with Gasteiger partial charge in [0.05, 0.1) is 8.66 Å². The van der Waals surface area contributed by atoms with Gasteiger partial charge in [0.15, 0.2) is 0 Å². The maximum atomic E-state index is 11.5. The Balaban J connectivity index is 2.57. The van der Waals surface area contributed by atoms with Crippen LogP contribution in [0.4, 0.5) is 0 Å². The third-order valence-electron chi connectivity index (χ3n) is 1.64. The van der Waals surface area contributed by atoms with Crippen molar-refractivity contribution in [2.75, 3.05) is 6.54 Å². The first-order chi connectivity index (χ1) is 6.65. The van der Waals surface area contributed by atoms with Crippen LogP contribution < -0.4 is 5.32 Å². The Bertz CT molecular complexity index is 358. The fourth-order valence-corrected chi connectivity index (χ4v) is 2.36. The van der Waals surface area contributed by atoms with Gasteiger partial charge in [0.1, 0.15) is 0 Å². The Kier molecular flexibility index (Phi) is 4.18. The van der Waals surface area contributed by atoms with Crippen LogP contribution in [-0.4, -0.2) is 12.5 Å². The molecule has 0 bridgehead atoms. The summed E-state index contributed by atoms with van der Waals surface area (Å²) in [5.41, 5.74) is 1.08. The summed E-state index contributed by atoms with van der Waals surface area (Å²) in [6.07, 6.45) is 5.64. The van der Waals surface area contributed by atoms with Crippen molar-refractivity contribution >= 4 is 33.2 Å². The predicted molar refractivity (Wildman–Crippen MR) is 62.5 cm³/mol. The highest BCUT2D eigenvalue weighted by atomic mass is 79.9. The lowest BCUT2D eigenvalue weighted by Crippen LogP contribution is -2.23. The molecule has 1 aromatic heterocycles. The fourth-order valence-electron chi connectivity index (χ4n) is 0.907. The molecule has 1 amide bonds. The van der Waals surface area contributed by atoms with Gasteiger partial charge in [0.25, 0.3) is 5.91 Å². The minimum absolute atomic E-state index is 0.0564. The van der Waals surface area contributed by atoms with Crippen LogP contribution >= 0.6 is 27.3 Å². The molecule has 0 saturated heterocycles. The normalized spacial score (nSPS) is 9.50. The average Bonchev–Trinajstić information content (AvgIpc) is 2.47. The summed E-state index contributed by atoms with van der Waals surface area (Å²) in [5.74, 6) is 2.41. The number of rotatable bonds is 3. The second kappa shape index (κ2) is 5.18. The highest BCUT2D eigenvalue weighted by Gasteiger charge is 2.09. The molecule has 0 aromatic carbocycles. The molecule has 0 radical (unpaired) electrons. The molecule has 1 rings (SSSR count). The van der Waals surface area contributed by atoms with Crippen molar-refractivity contribution in [3.63, 3.8) is 0 Å². The molecule has 0 unspecified atom stereocenters. The van der Waals surface area contributed by atoms with E-state index in [0.717, 1.165) is 9.35 Å². The van der Waals surface area contributed by atoms with E-state index in [-0.39, 0.29) is 5.91 Å². The highest BCUT2D eigenvalue weighted by molar-refractivity contribution is 9.11. The number of carbonyl (C=O) groups excluding carboxylic acids is 1. The van der Waals surface area contributed by atoms with Gasteiger partial charge in [-0.05, 0) is 34.5 Å². The van der Waals surface area contributed by atoms with Crippen molar-refractivity contribution < 1.29 is 4.79 Å². The summed E-state index contributed by atoms with van der Waals surface area (Å²) < 4.78 is 1.000. The summed E-state index contributed by atoms with van der Waals surface area (Å²) in [4.78, 5) is 12.2. The number of hydrogen-bond donors (Lipinski definition) is 1. The Morgan fingerprint density at radius 3 is 3.00 bits per heavy atom. The Labute approximate surface area is 95.8 Å². The van der Waals surface area contributed by atoms with Crippen molar-refractivity contribution in [2.24, 2.45) is 0 Å². The van der Waals surface area contributed by atoms with Gasteiger partial charge in [-0.2, -0.15) is 0 Å². The van der Waals surface area contributed by atoms with Crippen LogP contribution in [0.15, 0.2) is 9.85 Å². The van der Waals surface area contributed by atoms with Crippen LogP contribution in [0.1, 0.15) is 21.7 Å². The van der Waals surface area contributed by atoms with E-state index in [9.17, 15) is 4.79 Å². The zero-order valence-corrected chi connectivity index (χ0v) is 10.2. The first-order valence-corrected chi connectivity index (χ1v) is 5.73. The topological polar surface area (TPSA) is 29.1 Å². The minimum Gasteiger partial charge on any atom is -0.350 e. The number of nitrogens with one attached hydrogen (secondary N) is 1. The molecule has 4 heteroatoms. The molecule has 1 aromatic rings. The molecule has 0 atom stereocenters. The monoisotopic (exact) mass is 271 g/mol. The van der Waals surface area contributed by atoms with Crippen molar-refractivity contribution in [3.8, 4) is 12.3 Å². The van der Waals surface area contributed by atoms with Crippen LogP contribution in [0.5, 0.6) is 0 Å². The van der Waals surface area contributed by atoms with Crippen molar-refractivity contribution in [1.82, 2.24) is 5.32 Å². The summed E-state index contributed by atoms with van der Waals surface area (Å²) in [6.45, 7) is 2.49. The third kappa shape index (κ3) is 2.86. The van der Waals surface area contributed by atoms with E-state index in [1.807, 2.05) is 13.0 Å². The van der Waals surface area contributed by atoms with Crippen LogP contribution in [0, 0.1) is 19.3 Å². The van der Waals surface area contributed by atoms with E-state index in [2.05, 4.69) is 27.2 Å². The average molecular weight is 272 g/mol. The maximum absolute atomic E-state index is 11.5. The lowest BCUT2D eigenvalue weighted by atomic mass is 10.3. The SMILES string of the molecule is C#CCCNC(=O)c1cc(C)c(Br)s1. The van der Waals surface area contributed by atoms with Gasteiger partial charge in [0.2, 0.25) is 0 Å². The van der Waals surface area contributed by atoms with E-state index in [1.165, 1.54) is 11.3 Å². The fraction of sp³-hybridized carbons (Fsp3) is 0.300. The molecule has 0 spiro atoms. The van der Waals surface area contributed by atoms with Gasteiger partial charge < -0.3 is 5.32 Å². The summed E-state index contributed by atoms with van der Waals surface area (Å²) >= 11 is 4.81.